The first-order valence-corrected chi connectivity index (χ1v) is 6.64. The average Bonchev–Trinajstić information content (AvgIpc) is 2.73. The fourth-order valence-corrected chi connectivity index (χ4v) is 2.85. The van der Waals surface area contributed by atoms with Crippen molar-refractivity contribution in [2.75, 3.05) is 0 Å². The van der Waals surface area contributed by atoms with Crippen LogP contribution in [0.5, 0.6) is 0 Å². The summed E-state index contributed by atoms with van der Waals surface area (Å²) in [6.07, 6.45) is 3.58. The summed E-state index contributed by atoms with van der Waals surface area (Å²) in [6, 6.07) is 5.57. The van der Waals surface area contributed by atoms with E-state index >= 15 is 0 Å². The van der Waals surface area contributed by atoms with Gasteiger partial charge in [-0.05, 0) is 25.0 Å². The molecule has 2 aromatic rings. The van der Waals surface area contributed by atoms with Crippen LogP contribution in [0.1, 0.15) is 23.2 Å². The first kappa shape index (κ1) is 12.7. The van der Waals surface area contributed by atoms with Crippen molar-refractivity contribution in [3.8, 4) is 11.4 Å². The number of carboxylic acids is 1. The first-order valence-electron chi connectivity index (χ1n) is 5.82. The molecule has 2 rings (SSSR count). The summed E-state index contributed by atoms with van der Waals surface area (Å²) < 4.78 is 0. The summed E-state index contributed by atoms with van der Waals surface area (Å²) in [5.74, 6) is -0.834. The minimum atomic E-state index is -0.834. The van der Waals surface area contributed by atoms with Gasteiger partial charge in [-0.1, -0.05) is 13.0 Å². The van der Waals surface area contributed by atoms with E-state index in [1.165, 1.54) is 11.3 Å². The van der Waals surface area contributed by atoms with Gasteiger partial charge in [-0.15, -0.1) is 11.3 Å². The van der Waals surface area contributed by atoms with Gasteiger partial charge in [0, 0.05) is 11.1 Å². The van der Waals surface area contributed by atoms with Gasteiger partial charge in [0.1, 0.15) is 5.69 Å². The van der Waals surface area contributed by atoms with E-state index in [1.54, 1.807) is 6.20 Å². The van der Waals surface area contributed by atoms with E-state index in [4.69, 9.17) is 5.11 Å². The van der Waals surface area contributed by atoms with Crippen LogP contribution in [0.4, 0.5) is 0 Å². The van der Waals surface area contributed by atoms with Crippen LogP contribution in [0, 0.1) is 0 Å². The largest absolute Gasteiger partial charge is 0.481 e. The van der Waals surface area contributed by atoms with E-state index in [1.807, 2.05) is 18.2 Å². The number of hydrogen-bond acceptors (Lipinski definition) is 4. The van der Waals surface area contributed by atoms with Gasteiger partial charge in [-0.3, -0.25) is 9.78 Å². The number of aliphatic carboxylic acids is 1. The topological polar surface area (TPSA) is 63.1 Å². The average molecular weight is 262 g/mol. The Balaban J connectivity index is 2.40. The molecule has 2 aromatic heterocycles. The summed E-state index contributed by atoms with van der Waals surface area (Å²) in [4.78, 5) is 20.4. The minimum absolute atomic E-state index is 0.00723. The lowest BCUT2D eigenvalue weighted by Gasteiger charge is -1.98. The number of carboxylic acid groups (broad SMARTS) is 1. The number of aryl methyl sites for hydroxylation is 1. The zero-order valence-corrected chi connectivity index (χ0v) is 10.9. The fourth-order valence-electron chi connectivity index (χ4n) is 1.68. The standard InChI is InChI=1S/C13H14N2O2S/c1-2-5-11-15-13(9-6-3-4-7-14-9)10(18-11)8-12(16)17/h3-4,6-7H,2,5,8H2,1H3,(H,16,17). The zero-order chi connectivity index (χ0) is 13.0. The molecule has 0 bridgehead atoms. The molecule has 0 aliphatic rings. The molecule has 2 heterocycles. The van der Waals surface area contributed by atoms with Gasteiger partial charge in [-0.2, -0.15) is 0 Å². The molecule has 18 heavy (non-hydrogen) atoms. The zero-order valence-electron chi connectivity index (χ0n) is 10.1. The van der Waals surface area contributed by atoms with E-state index in [2.05, 4.69) is 16.9 Å². The molecule has 1 N–H and O–H groups in total. The van der Waals surface area contributed by atoms with Gasteiger partial charge in [-0.25, -0.2) is 4.98 Å². The summed E-state index contributed by atoms with van der Waals surface area (Å²) in [6.45, 7) is 2.08. The Kier molecular flexibility index (Phi) is 4.04. The summed E-state index contributed by atoms with van der Waals surface area (Å²) in [5, 5.41) is 9.92. The van der Waals surface area contributed by atoms with Crippen LogP contribution >= 0.6 is 11.3 Å². The Morgan fingerprint density at radius 1 is 1.44 bits per heavy atom. The number of nitrogens with zero attached hydrogens (tertiary/aromatic N) is 2. The molecule has 0 aliphatic heterocycles. The van der Waals surface area contributed by atoms with Crippen LogP contribution in [0.15, 0.2) is 24.4 Å². The van der Waals surface area contributed by atoms with Crippen LogP contribution in [-0.4, -0.2) is 21.0 Å². The molecule has 0 saturated heterocycles. The van der Waals surface area contributed by atoms with Gasteiger partial charge >= 0.3 is 5.97 Å². The molecule has 4 nitrogen and oxygen atoms in total. The third-order valence-electron chi connectivity index (χ3n) is 2.42. The highest BCUT2D eigenvalue weighted by atomic mass is 32.1. The maximum atomic E-state index is 10.9. The lowest BCUT2D eigenvalue weighted by molar-refractivity contribution is -0.136. The molecule has 0 aromatic carbocycles. The van der Waals surface area contributed by atoms with Gasteiger partial charge in [0.25, 0.3) is 0 Å². The van der Waals surface area contributed by atoms with Crippen molar-refractivity contribution in [3.63, 3.8) is 0 Å². The van der Waals surface area contributed by atoms with Crippen LogP contribution in [0.2, 0.25) is 0 Å². The van der Waals surface area contributed by atoms with Gasteiger partial charge < -0.3 is 5.11 Å². The number of pyridine rings is 1. The highest BCUT2D eigenvalue weighted by Crippen LogP contribution is 2.28. The molecule has 94 valence electrons. The van der Waals surface area contributed by atoms with Gasteiger partial charge in [0.05, 0.1) is 17.1 Å². The Labute approximate surface area is 109 Å². The monoisotopic (exact) mass is 262 g/mol. The van der Waals surface area contributed by atoms with Crippen molar-refractivity contribution < 1.29 is 9.90 Å². The van der Waals surface area contributed by atoms with E-state index < -0.39 is 5.97 Å². The Bertz CT molecular complexity index is 537. The number of rotatable bonds is 5. The third-order valence-corrected chi connectivity index (χ3v) is 3.54. The molecule has 0 aliphatic carbocycles. The minimum Gasteiger partial charge on any atom is -0.481 e. The maximum absolute atomic E-state index is 10.9. The van der Waals surface area contributed by atoms with Crippen LogP contribution in [0.3, 0.4) is 0 Å². The highest BCUT2D eigenvalue weighted by molar-refractivity contribution is 7.12. The SMILES string of the molecule is CCCc1nc(-c2ccccn2)c(CC(=O)O)s1. The lowest BCUT2D eigenvalue weighted by atomic mass is 10.2. The number of carbonyl (C=O) groups is 1. The summed E-state index contributed by atoms with van der Waals surface area (Å²) in [5.41, 5.74) is 1.46. The van der Waals surface area contributed by atoms with Gasteiger partial charge in [0.2, 0.25) is 0 Å². The third kappa shape index (κ3) is 2.92. The van der Waals surface area contributed by atoms with Crippen molar-refractivity contribution in [2.24, 2.45) is 0 Å². The molecule has 0 amide bonds. The van der Waals surface area contributed by atoms with Gasteiger partial charge in [0.15, 0.2) is 0 Å². The lowest BCUT2D eigenvalue weighted by Crippen LogP contribution is -1.99. The predicted molar refractivity (Wildman–Crippen MR) is 70.7 cm³/mol. The molecule has 0 fully saturated rings. The quantitative estimate of drug-likeness (QED) is 0.900. The fraction of sp³-hybridized carbons (Fsp3) is 0.308. The smallest absolute Gasteiger partial charge is 0.308 e. The molecular weight excluding hydrogens is 248 g/mol. The van der Waals surface area contributed by atoms with E-state index in [0.29, 0.717) is 5.69 Å². The first-order chi connectivity index (χ1) is 8.70. The van der Waals surface area contributed by atoms with Crippen molar-refractivity contribution in [1.82, 2.24) is 9.97 Å². The predicted octanol–water partition coefficient (Wildman–Crippen LogP) is 2.78. The number of thiazole rings is 1. The highest BCUT2D eigenvalue weighted by Gasteiger charge is 2.15. The van der Waals surface area contributed by atoms with Crippen molar-refractivity contribution in [1.29, 1.82) is 0 Å². The normalized spacial score (nSPS) is 10.5. The molecule has 0 spiro atoms. The van der Waals surface area contributed by atoms with E-state index in [0.717, 1.165) is 28.4 Å². The maximum Gasteiger partial charge on any atom is 0.308 e. The molecule has 0 radical (unpaired) electrons. The Morgan fingerprint density at radius 2 is 2.28 bits per heavy atom. The van der Waals surface area contributed by atoms with Crippen LogP contribution in [-0.2, 0) is 17.6 Å². The summed E-state index contributed by atoms with van der Waals surface area (Å²) >= 11 is 1.48. The summed E-state index contributed by atoms with van der Waals surface area (Å²) in [7, 11) is 0. The van der Waals surface area contributed by atoms with Crippen molar-refractivity contribution >= 4 is 17.3 Å². The second kappa shape index (κ2) is 5.73. The molecule has 0 saturated carbocycles. The molecule has 5 heteroatoms. The second-order valence-electron chi connectivity index (χ2n) is 3.91. The van der Waals surface area contributed by atoms with Crippen molar-refractivity contribution in [2.45, 2.75) is 26.2 Å². The van der Waals surface area contributed by atoms with Crippen molar-refractivity contribution in [3.05, 3.63) is 34.3 Å². The Hall–Kier alpha value is -1.75. The second-order valence-corrected chi connectivity index (χ2v) is 5.08. The number of hydrogen-bond donors (Lipinski definition) is 1. The van der Waals surface area contributed by atoms with E-state index in [-0.39, 0.29) is 6.42 Å². The van der Waals surface area contributed by atoms with Crippen LogP contribution < -0.4 is 0 Å². The van der Waals surface area contributed by atoms with Crippen LogP contribution in [0.25, 0.3) is 11.4 Å². The number of aromatic nitrogens is 2. The molecule has 0 atom stereocenters. The Morgan fingerprint density at radius 3 is 2.89 bits per heavy atom. The molecular formula is C13H14N2O2S. The molecule has 0 unspecified atom stereocenters. The van der Waals surface area contributed by atoms with E-state index in [9.17, 15) is 4.79 Å².